The molecular formula is C17H27BrCl2N2O2. The highest BCUT2D eigenvalue weighted by molar-refractivity contribution is 9.10. The van der Waals surface area contributed by atoms with Gasteiger partial charge in [0.2, 0.25) is 0 Å². The minimum Gasteiger partial charge on any atom is -0.496 e. The fraction of sp³-hybridized carbons (Fsp3) is 0.529. The molecule has 1 saturated heterocycles. The molecule has 7 heteroatoms. The third-order valence-corrected chi connectivity index (χ3v) is 4.62. The molecule has 0 bridgehead atoms. The lowest BCUT2D eigenvalue weighted by Gasteiger charge is -2.36. The predicted octanol–water partition coefficient (Wildman–Crippen LogP) is 4.22. The summed E-state index contributed by atoms with van der Waals surface area (Å²) >= 11 is 3.53. The standard InChI is InChI=1S/C17H25BrN2O2.2ClH/c1-12(2)9-15(20-7-5-19-6-8-20)13-10-17(22-4)14(18)11-16(13)21-3;;/h10-11,15,19H,1,5-9H2,2-4H3;2*1H/t15-;;/m0../s1. The van der Waals surface area contributed by atoms with Crippen LogP contribution >= 0.6 is 40.7 Å². The molecule has 4 nitrogen and oxygen atoms in total. The van der Waals surface area contributed by atoms with E-state index in [1.807, 2.05) is 6.07 Å². The molecular weight excluding hydrogens is 415 g/mol. The van der Waals surface area contributed by atoms with E-state index in [0.717, 1.165) is 54.1 Å². The first-order valence-corrected chi connectivity index (χ1v) is 8.36. The summed E-state index contributed by atoms with van der Waals surface area (Å²) in [4.78, 5) is 2.50. The Hall–Kier alpha value is -0.460. The van der Waals surface area contributed by atoms with Crippen molar-refractivity contribution in [2.75, 3.05) is 40.4 Å². The number of ether oxygens (including phenoxy) is 2. The molecule has 1 aromatic carbocycles. The first-order chi connectivity index (χ1) is 10.6. The summed E-state index contributed by atoms with van der Waals surface area (Å²) in [6, 6.07) is 4.33. The molecule has 1 aliphatic rings. The van der Waals surface area contributed by atoms with Crippen molar-refractivity contribution in [1.82, 2.24) is 10.2 Å². The Bertz CT molecular complexity index is 538. The van der Waals surface area contributed by atoms with E-state index in [4.69, 9.17) is 9.47 Å². The van der Waals surface area contributed by atoms with E-state index in [0.29, 0.717) is 0 Å². The number of methoxy groups -OCH3 is 2. The Morgan fingerprint density at radius 1 is 1.21 bits per heavy atom. The zero-order chi connectivity index (χ0) is 16.1. The number of halogens is 3. The molecule has 138 valence electrons. The molecule has 0 radical (unpaired) electrons. The zero-order valence-corrected chi connectivity index (χ0v) is 17.7. The molecule has 0 unspecified atom stereocenters. The highest BCUT2D eigenvalue weighted by atomic mass is 79.9. The van der Waals surface area contributed by atoms with Crippen molar-refractivity contribution in [3.05, 3.63) is 34.3 Å². The summed E-state index contributed by atoms with van der Waals surface area (Å²) in [7, 11) is 3.41. The lowest BCUT2D eigenvalue weighted by atomic mass is 9.96. The zero-order valence-electron chi connectivity index (χ0n) is 14.4. The topological polar surface area (TPSA) is 33.7 Å². The minimum atomic E-state index is 0. The van der Waals surface area contributed by atoms with E-state index in [1.54, 1.807) is 14.2 Å². The summed E-state index contributed by atoms with van der Waals surface area (Å²) in [5, 5.41) is 3.41. The van der Waals surface area contributed by atoms with Crippen molar-refractivity contribution in [3.8, 4) is 11.5 Å². The normalized spacial score (nSPS) is 15.7. The number of piperazine rings is 1. The van der Waals surface area contributed by atoms with Crippen LogP contribution < -0.4 is 14.8 Å². The van der Waals surface area contributed by atoms with E-state index in [9.17, 15) is 0 Å². The average Bonchev–Trinajstić information content (AvgIpc) is 2.53. The fourth-order valence-corrected chi connectivity index (χ4v) is 3.39. The van der Waals surface area contributed by atoms with Gasteiger partial charge < -0.3 is 14.8 Å². The van der Waals surface area contributed by atoms with Crippen molar-refractivity contribution in [2.45, 2.75) is 19.4 Å². The van der Waals surface area contributed by atoms with Gasteiger partial charge in [-0.1, -0.05) is 5.57 Å². The molecule has 1 heterocycles. The Kier molecular flexibility index (Phi) is 11.0. The number of benzene rings is 1. The third kappa shape index (κ3) is 5.81. The van der Waals surface area contributed by atoms with Gasteiger partial charge in [-0.3, -0.25) is 4.90 Å². The third-order valence-electron chi connectivity index (χ3n) is 4.00. The molecule has 1 fully saturated rings. The smallest absolute Gasteiger partial charge is 0.133 e. The van der Waals surface area contributed by atoms with Crippen molar-refractivity contribution in [1.29, 1.82) is 0 Å². The number of hydrogen-bond acceptors (Lipinski definition) is 4. The maximum atomic E-state index is 5.62. The van der Waals surface area contributed by atoms with Crippen LogP contribution in [0.15, 0.2) is 28.8 Å². The summed E-state index contributed by atoms with van der Waals surface area (Å²) in [6.45, 7) is 10.3. The Morgan fingerprint density at radius 3 is 2.29 bits per heavy atom. The molecule has 1 N–H and O–H groups in total. The molecule has 0 spiro atoms. The fourth-order valence-electron chi connectivity index (χ4n) is 2.90. The number of nitrogens with zero attached hydrogens (tertiary/aromatic N) is 1. The first-order valence-electron chi connectivity index (χ1n) is 7.57. The highest BCUT2D eigenvalue weighted by Crippen LogP contribution is 2.40. The van der Waals surface area contributed by atoms with E-state index >= 15 is 0 Å². The molecule has 1 aliphatic heterocycles. The van der Waals surface area contributed by atoms with Crippen LogP contribution in [0.25, 0.3) is 0 Å². The number of nitrogens with one attached hydrogen (secondary N) is 1. The minimum absolute atomic E-state index is 0. The first kappa shape index (κ1) is 23.5. The molecule has 0 amide bonds. The van der Waals surface area contributed by atoms with Crippen molar-refractivity contribution < 1.29 is 9.47 Å². The van der Waals surface area contributed by atoms with E-state index in [2.05, 4.69) is 45.7 Å². The van der Waals surface area contributed by atoms with E-state index < -0.39 is 0 Å². The van der Waals surface area contributed by atoms with Gasteiger partial charge in [-0.2, -0.15) is 0 Å². The quantitative estimate of drug-likeness (QED) is 0.670. The van der Waals surface area contributed by atoms with Crippen LogP contribution in [0.5, 0.6) is 11.5 Å². The molecule has 0 aromatic heterocycles. The van der Waals surface area contributed by atoms with Crippen molar-refractivity contribution in [3.63, 3.8) is 0 Å². The van der Waals surface area contributed by atoms with Gasteiger partial charge >= 0.3 is 0 Å². The van der Waals surface area contributed by atoms with Crippen LogP contribution in [0.4, 0.5) is 0 Å². The van der Waals surface area contributed by atoms with E-state index in [1.165, 1.54) is 5.57 Å². The van der Waals surface area contributed by atoms with Crippen LogP contribution in [0, 0.1) is 0 Å². The summed E-state index contributed by atoms with van der Waals surface area (Å²) in [5.41, 5.74) is 2.33. The summed E-state index contributed by atoms with van der Waals surface area (Å²) < 4.78 is 12.0. The van der Waals surface area contributed by atoms with Crippen molar-refractivity contribution in [2.24, 2.45) is 0 Å². The van der Waals surface area contributed by atoms with Gasteiger partial charge in [0.15, 0.2) is 0 Å². The lowest BCUT2D eigenvalue weighted by Crippen LogP contribution is -2.45. The maximum absolute atomic E-state index is 5.62. The van der Waals surface area contributed by atoms with Gasteiger partial charge in [-0.05, 0) is 41.4 Å². The molecule has 1 aromatic rings. The van der Waals surface area contributed by atoms with Gasteiger partial charge in [-0.25, -0.2) is 0 Å². The molecule has 1 atom stereocenters. The maximum Gasteiger partial charge on any atom is 0.133 e. The molecule has 2 rings (SSSR count). The second-order valence-electron chi connectivity index (χ2n) is 5.69. The Balaban J connectivity index is 0.00000264. The lowest BCUT2D eigenvalue weighted by molar-refractivity contribution is 0.169. The largest absolute Gasteiger partial charge is 0.496 e. The highest BCUT2D eigenvalue weighted by Gasteiger charge is 2.26. The Labute approximate surface area is 165 Å². The predicted molar refractivity (Wildman–Crippen MR) is 108 cm³/mol. The van der Waals surface area contributed by atoms with Gasteiger partial charge in [-0.15, -0.1) is 31.4 Å². The summed E-state index contributed by atoms with van der Waals surface area (Å²) in [5.74, 6) is 1.72. The molecule has 0 aliphatic carbocycles. The van der Waals surface area contributed by atoms with Crippen LogP contribution in [0.2, 0.25) is 0 Å². The van der Waals surface area contributed by atoms with Crippen LogP contribution in [0.3, 0.4) is 0 Å². The van der Waals surface area contributed by atoms with Gasteiger partial charge in [0.25, 0.3) is 0 Å². The van der Waals surface area contributed by atoms with Crippen molar-refractivity contribution >= 4 is 40.7 Å². The second kappa shape index (κ2) is 11.2. The monoisotopic (exact) mass is 440 g/mol. The molecule has 24 heavy (non-hydrogen) atoms. The van der Waals surface area contributed by atoms with Crippen LogP contribution in [0.1, 0.15) is 24.9 Å². The SMILES string of the molecule is C=C(C)C[C@@H](c1cc(OC)c(Br)cc1OC)N1CCNCC1.Cl.Cl. The van der Waals surface area contributed by atoms with Gasteiger partial charge in [0, 0.05) is 37.8 Å². The molecule has 0 saturated carbocycles. The van der Waals surface area contributed by atoms with Crippen LogP contribution in [-0.2, 0) is 0 Å². The second-order valence-corrected chi connectivity index (χ2v) is 6.55. The Morgan fingerprint density at radius 2 is 1.79 bits per heavy atom. The van der Waals surface area contributed by atoms with Gasteiger partial charge in [0.05, 0.1) is 18.7 Å². The number of rotatable bonds is 6. The van der Waals surface area contributed by atoms with Gasteiger partial charge in [0.1, 0.15) is 11.5 Å². The summed E-state index contributed by atoms with van der Waals surface area (Å²) in [6.07, 6.45) is 0.918. The van der Waals surface area contributed by atoms with E-state index in [-0.39, 0.29) is 30.9 Å². The number of hydrogen-bond donors (Lipinski definition) is 1. The average molecular weight is 442 g/mol. The van der Waals surface area contributed by atoms with Crippen LogP contribution in [-0.4, -0.2) is 45.3 Å².